The van der Waals surface area contributed by atoms with Crippen molar-refractivity contribution in [2.24, 2.45) is 11.8 Å². The molecule has 16 heavy (non-hydrogen) atoms. The summed E-state index contributed by atoms with van der Waals surface area (Å²) in [6.45, 7) is 19.4. The van der Waals surface area contributed by atoms with E-state index in [2.05, 4.69) is 63.7 Å². The second kappa shape index (κ2) is 7.14. The fourth-order valence-corrected chi connectivity index (χ4v) is 2.18. The van der Waals surface area contributed by atoms with Crippen LogP contribution in [0.4, 0.5) is 0 Å². The summed E-state index contributed by atoms with van der Waals surface area (Å²) in [5.74, 6) is 4.65. The molecule has 0 rings (SSSR count). The molecule has 0 aromatic carbocycles. The molecule has 0 N–H and O–H groups in total. The van der Waals surface area contributed by atoms with Gasteiger partial charge in [0.1, 0.15) is 8.07 Å². The lowest BCUT2D eigenvalue weighted by atomic mass is 9.96. The molecule has 0 heterocycles. The number of hydrogen-bond acceptors (Lipinski definition) is 1. The van der Waals surface area contributed by atoms with Crippen molar-refractivity contribution < 1.29 is 0 Å². The van der Waals surface area contributed by atoms with Gasteiger partial charge in [-0.25, -0.2) is 0 Å². The van der Waals surface area contributed by atoms with Crippen molar-refractivity contribution in [1.82, 2.24) is 4.90 Å². The molecule has 2 heteroatoms. The molecule has 0 aliphatic rings. The molecule has 0 radical (unpaired) electrons. The molecule has 0 amide bonds. The predicted molar refractivity (Wildman–Crippen MR) is 77.2 cm³/mol. The minimum atomic E-state index is -1.20. The van der Waals surface area contributed by atoms with Gasteiger partial charge in [-0.3, -0.25) is 0 Å². The Bertz CT molecular complexity index is 240. The highest BCUT2D eigenvalue weighted by atomic mass is 28.3. The fraction of sp³-hybridized carbons (Fsp3) is 0.857. The van der Waals surface area contributed by atoms with Crippen LogP contribution in [0.15, 0.2) is 0 Å². The summed E-state index contributed by atoms with van der Waals surface area (Å²) in [5.41, 5.74) is 3.48. The third-order valence-corrected chi connectivity index (χ3v) is 3.86. The first-order valence-electron chi connectivity index (χ1n) is 6.55. The number of rotatable bonds is 5. The third-order valence-electron chi connectivity index (χ3n) is 2.97. The molecule has 0 aliphatic heterocycles. The highest BCUT2D eigenvalue weighted by molar-refractivity contribution is 6.83. The monoisotopic (exact) mass is 239 g/mol. The Morgan fingerprint density at radius 2 is 1.56 bits per heavy atom. The molecule has 94 valence electrons. The topological polar surface area (TPSA) is 3.24 Å². The summed E-state index contributed by atoms with van der Waals surface area (Å²) < 4.78 is 0. The average molecular weight is 239 g/mol. The van der Waals surface area contributed by atoms with Crippen molar-refractivity contribution in [2.45, 2.75) is 47.3 Å². The molecule has 0 saturated carbocycles. The standard InChI is InChI=1S/C14H29NSi/c1-8-15(9-2)12-14(4)13(3)10-11-16(5,6)7/h13-14H,8-9,12H2,1-7H3/t13-,14+/m1/s1. The molecule has 0 bridgehead atoms. The van der Waals surface area contributed by atoms with Gasteiger partial charge in [0.25, 0.3) is 0 Å². The van der Waals surface area contributed by atoms with Crippen LogP contribution in [0.5, 0.6) is 0 Å². The lowest BCUT2D eigenvalue weighted by Crippen LogP contribution is -2.30. The Morgan fingerprint density at radius 3 is 1.94 bits per heavy atom. The third kappa shape index (κ3) is 7.08. The van der Waals surface area contributed by atoms with Gasteiger partial charge < -0.3 is 4.90 Å². The van der Waals surface area contributed by atoms with Crippen LogP contribution in [0.25, 0.3) is 0 Å². The molecule has 0 spiro atoms. The molecule has 0 aromatic rings. The van der Waals surface area contributed by atoms with E-state index in [-0.39, 0.29) is 0 Å². The molecule has 0 unspecified atom stereocenters. The average Bonchev–Trinajstić information content (AvgIpc) is 2.20. The van der Waals surface area contributed by atoms with Crippen LogP contribution in [0, 0.1) is 23.3 Å². The first kappa shape index (κ1) is 15.7. The van der Waals surface area contributed by atoms with Crippen molar-refractivity contribution >= 4 is 8.07 Å². The van der Waals surface area contributed by atoms with Crippen LogP contribution in [0.2, 0.25) is 19.6 Å². The van der Waals surface area contributed by atoms with E-state index in [9.17, 15) is 0 Å². The van der Waals surface area contributed by atoms with Crippen molar-refractivity contribution in [2.75, 3.05) is 19.6 Å². The zero-order chi connectivity index (χ0) is 12.8. The van der Waals surface area contributed by atoms with Gasteiger partial charge in [-0.15, -0.1) is 11.5 Å². The van der Waals surface area contributed by atoms with Gasteiger partial charge in [-0.1, -0.05) is 47.3 Å². The normalized spacial score (nSPS) is 15.5. The van der Waals surface area contributed by atoms with Gasteiger partial charge in [-0.05, 0) is 19.0 Å². The summed E-state index contributed by atoms with van der Waals surface area (Å²) in [4.78, 5) is 2.48. The maximum absolute atomic E-state index is 3.48. The van der Waals surface area contributed by atoms with E-state index in [1.165, 1.54) is 6.54 Å². The van der Waals surface area contributed by atoms with E-state index < -0.39 is 8.07 Å². The zero-order valence-electron chi connectivity index (χ0n) is 12.2. The van der Waals surface area contributed by atoms with Crippen LogP contribution in [-0.2, 0) is 0 Å². The molecule has 0 fully saturated rings. The molecular formula is C14H29NSi. The van der Waals surface area contributed by atoms with Gasteiger partial charge >= 0.3 is 0 Å². The van der Waals surface area contributed by atoms with E-state index in [1.54, 1.807) is 0 Å². The van der Waals surface area contributed by atoms with Crippen molar-refractivity contribution in [3.63, 3.8) is 0 Å². The second-order valence-corrected chi connectivity index (χ2v) is 10.5. The predicted octanol–water partition coefficient (Wildman–Crippen LogP) is 3.48. The molecule has 1 nitrogen and oxygen atoms in total. The maximum Gasteiger partial charge on any atom is 0.129 e. The van der Waals surface area contributed by atoms with Gasteiger partial charge in [0.15, 0.2) is 0 Å². The van der Waals surface area contributed by atoms with E-state index in [4.69, 9.17) is 0 Å². The Balaban J connectivity index is 4.26. The Labute approximate surface area is 104 Å². The van der Waals surface area contributed by atoms with Gasteiger partial charge in [0.2, 0.25) is 0 Å². The Hall–Kier alpha value is -0.263. The van der Waals surface area contributed by atoms with Crippen molar-refractivity contribution in [3.05, 3.63) is 0 Å². The van der Waals surface area contributed by atoms with Crippen LogP contribution < -0.4 is 0 Å². The summed E-state index contributed by atoms with van der Waals surface area (Å²) in [6, 6.07) is 0. The highest BCUT2D eigenvalue weighted by Gasteiger charge is 2.14. The van der Waals surface area contributed by atoms with E-state index >= 15 is 0 Å². The van der Waals surface area contributed by atoms with Crippen LogP contribution in [-0.4, -0.2) is 32.6 Å². The number of hydrogen-bond donors (Lipinski definition) is 0. The quantitative estimate of drug-likeness (QED) is 0.524. The van der Waals surface area contributed by atoms with Crippen LogP contribution in [0.1, 0.15) is 27.7 Å². The lowest BCUT2D eigenvalue weighted by Gasteiger charge is -2.24. The van der Waals surface area contributed by atoms with Crippen molar-refractivity contribution in [3.8, 4) is 11.5 Å². The molecule has 2 atom stereocenters. The Morgan fingerprint density at radius 1 is 1.06 bits per heavy atom. The SMILES string of the molecule is CCN(CC)C[C@H](C)[C@H](C)C#C[Si](C)(C)C. The smallest absolute Gasteiger partial charge is 0.129 e. The molecule has 0 aromatic heterocycles. The van der Waals surface area contributed by atoms with Gasteiger partial charge in [0, 0.05) is 12.5 Å². The Kier molecular flexibility index (Phi) is 7.02. The van der Waals surface area contributed by atoms with Gasteiger partial charge in [-0.2, -0.15) is 0 Å². The van der Waals surface area contributed by atoms with Gasteiger partial charge in [0.05, 0.1) is 0 Å². The van der Waals surface area contributed by atoms with Crippen LogP contribution >= 0.6 is 0 Å². The van der Waals surface area contributed by atoms with E-state index in [0.717, 1.165) is 13.1 Å². The summed E-state index contributed by atoms with van der Waals surface area (Å²) in [5, 5.41) is 0. The van der Waals surface area contributed by atoms with Crippen LogP contribution in [0.3, 0.4) is 0 Å². The number of nitrogens with zero attached hydrogens (tertiary/aromatic N) is 1. The summed E-state index contributed by atoms with van der Waals surface area (Å²) >= 11 is 0. The second-order valence-electron chi connectivity index (χ2n) is 5.77. The molecule has 0 aliphatic carbocycles. The zero-order valence-corrected chi connectivity index (χ0v) is 13.2. The van der Waals surface area contributed by atoms with E-state index in [1.807, 2.05) is 0 Å². The summed E-state index contributed by atoms with van der Waals surface area (Å²) in [7, 11) is -1.20. The minimum absolute atomic E-state index is 0.521. The first-order chi connectivity index (χ1) is 7.30. The maximum atomic E-state index is 3.48. The summed E-state index contributed by atoms with van der Waals surface area (Å²) in [6.07, 6.45) is 0. The fourth-order valence-electron chi connectivity index (χ4n) is 1.52. The largest absolute Gasteiger partial charge is 0.304 e. The molecular weight excluding hydrogens is 210 g/mol. The lowest BCUT2D eigenvalue weighted by molar-refractivity contribution is 0.241. The van der Waals surface area contributed by atoms with Crippen molar-refractivity contribution in [1.29, 1.82) is 0 Å². The highest BCUT2D eigenvalue weighted by Crippen LogP contribution is 2.12. The minimum Gasteiger partial charge on any atom is -0.304 e. The molecule has 0 saturated heterocycles. The first-order valence-corrected chi connectivity index (χ1v) is 10.0. The van der Waals surface area contributed by atoms with E-state index in [0.29, 0.717) is 11.8 Å².